The Labute approximate surface area is 126 Å². The van der Waals surface area contributed by atoms with Gasteiger partial charge in [-0.25, -0.2) is 0 Å². The zero-order valence-electron chi connectivity index (χ0n) is 12.2. The highest BCUT2D eigenvalue weighted by atomic mass is 35.5. The van der Waals surface area contributed by atoms with Crippen molar-refractivity contribution < 1.29 is 14.6 Å². The van der Waals surface area contributed by atoms with E-state index >= 15 is 0 Å². The Morgan fingerprint density at radius 2 is 2.10 bits per heavy atom. The van der Waals surface area contributed by atoms with Gasteiger partial charge in [-0.1, -0.05) is 24.6 Å². The van der Waals surface area contributed by atoms with Crippen LogP contribution in [0.15, 0.2) is 18.2 Å². The highest BCUT2D eigenvalue weighted by molar-refractivity contribution is 6.32. The summed E-state index contributed by atoms with van der Waals surface area (Å²) in [5.41, 5.74) is 1.11. The SMILES string of the molecule is CCC(CO)NCCOCCOc1cc(C)ccc1Cl. The minimum Gasteiger partial charge on any atom is -0.490 e. The van der Waals surface area contributed by atoms with Gasteiger partial charge < -0.3 is 19.9 Å². The van der Waals surface area contributed by atoms with Crippen LogP contribution in [-0.2, 0) is 4.74 Å². The molecular weight excluding hydrogens is 278 g/mol. The lowest BCUT2D eigenvalue weighted by Gasteiger charge is -2.14. The summed E-state index contributed by atoms with van der Waals surface area (Å²) in [6.07, 6.45) is 0.908. The molecule has 0 saturated heterocycles. The summed E-state index contributed by atoms with van der Waals surface area (Å²) in [4.78, 5) is 0. The van der Waals surface area contributed by atoms with Gasteiger partial charge in [0.1, 0.15) is 12.4 Å². The van der Waals surface area contributed by atoms with Crippen LogP contribution < -0.4 is 10.1 Å². The fraction of sp³-hybridized carbons (Fsp3) is 0.600. The zero-order valence-corrected chi connectivity index (χ0v) is 12.9. The molecule has 1 aromatic rings. The second-order valence-electron chi connectivity index (χ2n) is 4.64. The number of nitrogens with one attached hydrogen (secondary N) is 1. The van der Waals surface area contributed by atoms with Crippen molar-refractivity contribution in [3.63, 3.8) is 0 Å². The summed E-state index contributed by atoms with van der Waals surface area (Å²) in [7, 11) is 0. The van der Waals surface area contributed by atoms with Crippen LogP contribution in [0.5, 0.6) is 5.75 Å². The van der Waals surface area contributed by atoms with Gasteiger partial charge in [0.2, 0.25) is 0 Å². The molecule has 0 heterocycles. The molecule has 0 fully saturated rings. The number of aliphatic hydroxyl groups excluding tert-OH is 1. The molecule has 1 atom stereocenters. The molecule has 1 rings (SSSR count). The number of hydrogen-bond acceptors (Lipinski definition) is 4. The molecule has 2 N–H and O–H groups in total. The Hall–Kier alpha value is -0.810. The van der Waals surface area contributed by atoms with E-state index in [9.17, 15) is 0 Å². The van der Waals surface area contributed by atoms with Crippen molar-refractivity contribution in [1.29, 1.82) is 0 Å². The molecule has 0 aliphatic heterocycles. The maximum Gasteiger partial charge on any atom is 0.138 e. The van der Waals surface area contributed by atoms with Crippen molar-refractivity contribution in [2.75, 3.05) is 33.0 Å². The van der Waals surface area contributed by atoms with Gasteiger partial charge in [-0.2, -0.15) is 0 Å². The number of halogens is 1. The number of benzene rings is 1. The Kier molecular flexibility index (Phi) is 8.62. The van der Waals surface area contributed by atoms with Crippen molar-refractivity contribution >= 4 is 11.6 Å². The van der Waals surface area contributed by atoms with Crippen LogP contribution in [0.4, 0.5) is 0 Å². The van der Waals surface area contributed by atoms with E-state index in [1.54, 1.807) is 0 Å². The minimum absolute atomic E-state index is 0.154. The number of rotatable bonds is 10. The molecule has 4 nitrogen and oxygen atoms in total. The smallest absolute Gasteiger partial charge is 0.138 e. The van der Waals surface area contributed by atoms with Crippen LogP contribution >= 0.6 is 11.6 Å². The maximum absolute atomic E-state index is 9.01. The van der Waals surface area contributed by atoms with E-state index in [1.165, 1.54) is 0 Å². The quantitative estimate of drug-likeness (QED) is 0.652. The largest absolute Gasteiger partial charge is 0.490 e. The van der Waals surface area contributed by atoms with Crippen LogP contribution in [0, 0.1) is 6.92 Å². The lowest BCUT2D eigenvalue weighted by molar-refractivity contribution is 0.0982. The Morgan fingerprint density at radius 3 is 2.80 bits per heavy atom. The van der Waals surface area contributed by atoms with Crippen molar-refractivity contribution in [3.05, 3.63) is 28.8 Å². The summed E-state index contributed by atoms with van der Waals surface area (Å²) in [6.45, 7) is 6.50. The van der Waals surface area contributed by atoms with Crippen LogP contribution in [0.2, 0.25) is 5.02 Å². The summed E-state index contributed by atoms with van der Waals surface area (Å²) >= 11 is 6.03. The molecule has 114 valence electrons. The van der Waals surface area contributed by atoms with Gasteiger partial charge in [0.25, 0.3) is 0 Å². The van der Waals surface area contributed by atoms with E-state index in [1.807, 2.05) is 32.0 Å². The van der Waals surface area contributed by atoms with E-state index in [-0.39, 0.29) is 12.6 Å². The molecule has 1 unspecified atom stereocenters. The van der Waals surface area contributed by atoms with Gasteiger partial charge in [-0.05, 0) is 31.0 Å². The molecule has 0 spiro atoms. The predicted octanol–water partition coefficient (Wildman–Crippen LogP) is 2.40. The molecule has 0 radical (unpaired) electrons. The third kappa shape index (κ3) is 6.57. The monoisotopic (exact) mass is 301 g/mol. The average Bonchev–Trinajstić information content (AvgIpc) is 2.45. The molecule has 0 saturated carbocycles. The Morgan fingerprint density at radius 1 is 1.30 bits per heavy atom. The first-order chi connectivity index (χ1) is 9.67. The molecule has 1 aromatic carbocycles. The van der Waals surface area contributed by atoms with E-state index in [0.717, 1.165) is 18.5 Å². The van der Waals surface area contributed by atoms with Gasteiger partial charge in [0.05, 0.1) is 24.8 Å². The summed E-state index contributed by atoms with van der Waals surface area (Å²) in [5, 5.41) is 12.8. The van der Waals surface area contributed by atoms with E-state index in [4.69, 9.17) is 26.2 Å². The maximum atomic E-state index is 9.01. The number of hydrogen-bond donors (Lipinski definition) is 2. The van der Waals surface area contributed by atoms with Gasteiger partial charge in [-0.15, -0.1) is 0 Å². The Bertz CT molecular complexity index is 383. The normalized spacial score (nSPS) is 12.4. The van der Waals surface area contributed by atoms with Gasteiger partial charge in [0, 0.05) is 12.6 Å². The van der Waals surface area contributed by atoms with Crippen molar-refractivity contribution in [2.45, 2.75) is 26.3 Å². The molecule has 0 aliphatic rings. The molecule has 20 heavy (non-hydrogen) atoms. The third-order valence-corrected chi connectivity index (χ3v) is 3.28. The number of ether oxygens (including phenoxy) is 2. The number of aliphatic hydroxyl groups is 1. The lowest BCUT2D eigenvalue weighted by Crippen LogP contribution is -2.34. The predicted molar refractivity (Wildman–Crippen MR) is 81.7 cm³/mol. The molecule has 0 amide bonds. The van der Waals surface area contributed by atoms with E-state index in [2.05, 4.69) is 5.32 Å². The Balaban J connectivity index is 2.09. The zero-order chi connectivity index (χ0) is 14.8. The van der Waals surface area contributed by atoms with Gasteiger partial charge in [0.15, 0.2) is 0 Å². The lowest BCUT2D eigenvalue weighted by atomic mass is 10.2. The third-order valence-electron chi connectivity index (χ3n) is 2.96. The van der Waals surface area contributed by atoms with E-state index < -0.39 is 0 Å². The molecule has 0 aliphatic carbocycles. The van der Waals surface area contributed by atoms with Crippen LogP contribution in [0.25, 0.3) is 0 Å². The summed E-state index contributed by atoms with van der Waals surface area (Å²) in [6, 6.07) is 5.84. The molecule has 0 bridgehead atoms. The summed E-state index contributed by atoms with van der Waals surface area (Å²) in [5.74, 6) is 0.694. The highest BCUT2D eigenvalue weighted by Gasteiger charge is 2.03. The molecular formula is C15H24ClNO3. The first-order valence-corrected chi connectivity index (χ1v) is 7.36. The first kappa shape index (κ1) is 17.2. The van der Waals surface area contributed by atoms with Crippen molar-refractivity contribution in [2.24, 2.45) is 0 Å². The van der Waals surface area contributed by atoms with Gasteiger partial charge >= 0.3 is 0 Å². The fourth-order valence-electron chi connectivity index (χ4n) is 1.71. The van der Waals surface area contributed by atoms with Crippen molar-refractivity contribution in [3.8, 4) is 5.75 Å². The second kappa shape index (κ2) is 10.00. The topological polar surface area (TPSA) is 50.7 Å². The van der Waals surface area contributed by atoms with Crippen LogP contribution in [0.3, 0.4) is 0 Å². The second-order valence-corrected chi connectivity index (χ2v) is 5.04. The first-order valence-electron chi connectivity index (χ1n) is 6.98. The molecule has 0 aromatic heterocycles. The van der Waals surface area contributed by atoms with Crippen LogP contribution in [-0.4, -0.2) is 44.1 Å². The van der Waals surface area contributed by atoms with Crippen molar-refractivity contribution in [1.82, 2.24) is 5.32 Å². The van der Waals surface area contributed by atoms with Gasteiger partial charge in [-0.3, -0.25) is 0 Å². The number of aryl methyl sites for hydroxylation is 1. The van der Waals surface area contributed by atoms with E-state index in [0.29, 0.717) is 30.6 Å². The highest BCUT2D eigenvalue weighted by Crippen LogP contribution is 2.24. The molecule has 5 heteroatoms. The van der Waals surface area contributed by atoms with Crippen LogP contribution in [0.1, 0.15) is 18.9 Å². The standard InChI is InChI=1S/C15H24ClNO3/c1-3-13(11-18)17-6-7-19-8-9-20-15-10-12(2)4-5-14(15)16/h4-5,10,13,17-18H,3,6-9,11H2,1-2H3. The average molecular weight is 302 g/mol. The summed E-state index contributed by atoms with van der Waals surface area (Å²) < 4.78 is 11.0. The minimum atomic E-state index is 0.154. The fourth-order valence-corrected chi connectivity index (χ4v) is 1.88.